The van der Waals surface area contributed by atoms with Crippen LogP contribution in [0.25, 0.3) is 0 Å². The lowest BCUT2D eigenvalue weighted by Crippen LogP contribution is -2.34. The van der Waals surface area contributed by atoms with Crippen molar-refractivity contribution in [1.82, 2.24) is 9.80 Å². The SMILES string of the molecule is COc1cc(CN(CC2CCC(C(=O)O)CC2)C(C)c2ccc(C(F)(F)F)cc2)ccc1OCCN1C(=O)CCC1=O. The molecular weight excluding hydrogens is 553 g/mol. The number of carboxylic acid groups (broad SMARTS) is 1. The molecule has 1 aliphatic carbocycles. The van der Waals surface area contributed by atoms with Crippen LogP contribution in [0.1, 0.15) is 68.2 Å². The number of alkyl halides is 3. The minimum Gasteiger partial charge on any atom is -0.493 e. The number of hydrogen-bond donors (Lipinski definition) is 1. The molecule has 0 bridgehead atoms. The summed E-state index contributed by atoms with van der Waals surface area (Å²) in [6, 6.07) is 10.5. The van der Waals surface area contributed by atoms with Crippen LogP contribution in [0.4, 0.5) is 13.2 Å². The third kappa shape index (κ3) is 7.81. The molecular formula is C31H37F3N2O6. The number of aliphatic carboxylic acids is 1. The maximum absolute atomic E-state index is 13.2. The average molecular weight is 591 g/mol. The highest BCUT2D eigenvalue weighted by atomic mass is 19.4. The van der Waals surface area contributed by atoms with Crippen LogP contribution in [0.3, 0.4) is 0 Å². The van der Waals surface area contributed by atoms with E-state index < -0.39 is 17.7 Å². The van der Waals surface area contributed by atoms with Crippen molar-refractivity contribution in [2.45, 2.75) is 64.2 Å². The molecule has 228 valence electrons. The Bertz CT molecular complexity index is 1240. The highest BCUT2D eigenvalue weighted by molar-refractivity contribution is 6.01. The number of methoxy groups -OCH3 is 1. The Morgan fingerprint density at radius 3 is 2.24 bits per heavy atom. The van der Waals surface area contributed by atoms with Crippen molar-refractivity contribution >= 4 is 17.8 Å². The standard InChI is InChI=1S/C31H37F3N2O6/c1-20(23-8-10-25(11-9-23)31(32,33)34)35(18-21-3-6-24(7-4-21)30(39)40)19-22-5-12-26(27(17-22)41-2)42-16-15-36-28(37)13-14-29(36)38/h5,8-12,17,20-21,24H,3-4,6-7,13-16,18-19H2,1-2H3,(H,39,40). The Labute approximate surface area is 243 Å². The van der Waals surface area contributed by atoms with Gasteiger partial charge in [0.25, 0.3) is 0 Å². The number of hydrogen-bond acceptors (Lipinski definition) is 6. The van der Waals surface area contributed by atoms with Crippen LogP contribution in [-0.2, 0) is 27.1 Å². The van der Waals surface area contributed by atoms with Crippen LogP contribution in [0.5, 0.6) is 11.5 Å². The number of carbonyl (C=O) groups excluding carboxylic acids is 2. The van der Waals surface area contributed by atoms with Crippen molar-refractivity contribution in [2.75, 3.05) is 26.8 Å². The number of rotatable bonds is 12. The number of halogens is 3. The number of benzene rings is 2. The third-order valence-electron chi connectivity index (χ3n) is 8.30. The van der Waals surface area contributed by atoms with Gasteiger partial charge in [0, 0.05) is 32.0 Å². The van der Waals surface area contributed by atoms with Crippen LogP contribution in [-0.4, -0.2) is 59.5 Å². The lowest BCUT2D eigenvalue weighted by atomic mass is 9.81. The average Bonchev–Trinajstić information content (AvgIpc) is 3.29. The summed E-state index contributed by atoms with van der Waals surface area (Å²) in [6.45, 7) is 3.39. The molecule has 1 heterocycles. The lowest BCUT2D eigenvalue weighted by Gasteiger charge is -2.35. The van der Waals surface area contributed by atoms with Gasteiger partial charge in [-0.2, -0.15) is 13.2 Å². The Morgan fingerprint density at radius 1 is 1.02 bits per heavy atom. The van der Waals surface area contributed by atoms with E-state index in [9.17, 15) is 32.7 Å². The predicted molar refractivity (Wildman–Crippen MR) is 148 cm³/mol. The number of carbonyl (C=O) groups is 3. The van der Waals surface area contributed by atoms with Gasteiger partial charge in [-0.3, -0.25) is 24.2 Å². The predicted octanol–water partition coefficient (Wildman–Crippen LogP) is 5.70. The van der Waals surface area contributed by atoms with Gasteiger partial charge in [0.1, 0.15) is 6.61 Å². The van der Waals surface area contributed by atoms with E-state index in [2.05, 4.69) is 4.90 Å². The summed E-state index contributed by atoms with van der Waals surface area (Å²) >= 11 is 0. The Hall–Kier alpha value is -3.60. The molecule has 2 fully saturated rings. The summed E-state index contributed by atoms with van der Waals surface area (Å²) < 4.78 is 50.8. The zero-order valence-electron chi connectivity index (χ0n) is 23.9. The Kier molecular flexibility index (Phi) is 10.1. The first-order chi connectivity index (χ1) is 20.0. The smallest absolute Gasteiger partial charge is 0.416 e. The van der Waals surface area contributed by atoms with Crippen LogP contribution in [0.15, 0.2) is 42.5 Å². The summed E-state index contributed by atoms with van der Waals surface area (Å²) in [5.74, 6) is -0.297. The van der Waals surface area contributed by atoms with Crippen LogP contribution in [0, 0.1) is 11.8 Å². The second-order valence-electron chi connectivity index (χ2n) is 11.1. The number of nitrogens with zero attached hydrogens (tertiary/aromatic N) is 2. The van der Waals surface area contributed by atoms with Gasteiger partial charge in [0.2, 0.25) is 11.8 Å². The van der Waals surface area contributed by atoms with Crippen molar-refractivity contribution in [2.24, 2.45) is 11.8 Å². The fraction of sp³-hybridized carbons (Fsp3) is 0.516. The number of carboxylic acids is 1. The summed E-state index contributed by atoms with van der Waals surface area (Å²) in [5.41, 5.74) is 0.956. The van der Waals surface area contributed by atoms with E-state index in [1.165, 1.54) is 24.1 Å². The molecule has 4 rings (SSSR count). The second-order valence-corrected chi connectivity index (χ2v) is 11.1. The highest BCUT2D eigenvalue weighted by Gasteiger charge is 2.32. The summed E-state index contributed by atoms with van der Waals surface area (Å²) in [5, 5.41) is 9.38. The maximum atomic E-state index is 13.2. The van der Waals surface area contributed by atoms with Gasteiger partial charge >= 0.3 is 12.1 Å². The molecule has 11 heteroatoms. The van der Waals surface area contributed by atoms with E-state index >= 15 is 0 Å². The fourth-order valence-corrected chi connectivity index (χ4v) is 5.73. The molecule has 0 radical (unpaired) electrons. The Morgan fingerprint density at radius 2 is 1.67 bits per heavy atom. The topological polar surface area (TPSA) is 96.4 Å². The molecule has 2 aromatic carbocycles. The minimum absolute atomic E-state index is 0.128. The van der Waals surface area contributed by atoms with Gasteiger partial charge in [-0.25, -0.2) is 0 Å². The maximum Gasteiger partial charge on any atom is 0.416 e. The van der Waals surface area contributed by atoms with Gasteiger partial charge in [0.15, 0.2) is 11.5 Å². The van der Waals surface area contributed by atoms with E-state index in [4.69, 9.17) is 9.47 Å². The minimum atomic E-state index is -4.41. The summed E-state index contributed by atoms with van der Waals surface area (Å²) in [7, 11) is 1.52. The molecule has 1 saturated heterocycles. The van der Waals surface area contributed by atoms with Crippen molar-refractivity contribution in [1.29, 1.82) is 0 Å². The molecule has 1 N–H and O–H groups in total. The quantitative estimate of drug-likeness (QED) is 0.317. The first-order valence-electron chi connectivity index (χ1n) is 14.2. The van der Waals surface area contributed by atoms with E-state index in [0.29, 0.717) is 37.4 Å². The molecule has 1 saturated carbocycles. The van der Waals surface area contributed by atoms with E-state index in [-0.39, 0.29) is 55.7 Å². The van der Waals surface area contributed by atoms with E-state index in [1.807, 2.05) is 19.1 Å². The van der Waals surface area contributed by atoms with Gasteiger partial charge in [0.05, 0.1) is 25.1 Å². The van der Waals surface area contributed by atoms with Gasteiger partial charge < -0.3 is 14.6 Å². The molecule has 1 unspecified atom stereocenters. The first kappa shape index (κ1) is 31.3. The lowest BCUT2D eigenvalue weighted by molar-refractivity contribution is -0.143. The molecule has 0 aromatic heterocycles. The Balaban J connectivity index is 1.48. The van der Waals surface area contributed by atoms with Crippen molar-refractivity contribution in [3.8, 4) is 11.5 Å². The van der Waals surface area contributed by atoms with Crippen LogP contribution < -0.4 is 9.47 Å². The largest absolute Gasteiger partial charge is 0.493 e. The van der Waals surface area contributed by atoms with Crippen molar-refractivity contribution < 1.29 is 42.1 Å². The molecule has 1 aliphatic heterocycles. The van der Waals surface area contributed by atoms with Crippen LogP contribution in [0.2, 0.25) is 0 Å². The fourth-order valence-electron chi connectivity index (χ4n) is 5.73. The zero-order chi connectivity index (χ0) is 30.4. The summed E-state index contributed by atoms with van der Waals surface area (Å²) in [6.07, 6.45) is -1.22. The molecule has 0 spiro atoms. The molecule has 42 heavy (non-hydrogen) atoms. The first-order valence-corrected chi connectivity index (χ1v) is 14.2. The van der Waals surface area contributed by atoms with E-state index in [0.717, 1.165) is 36.1 Å². The van der Waals surface area contributed by atoms with Gasteiger partial charge in [-0.15, -0.1) is 0 Å². The third-order valence-corrected chi connectivity index (χ3v) is 8.30. The number of amides is 2. The monoisotopic (exact) mass is 590 g/mol. The summed E-state index contributed by atoms with van der Waals surface area (Å²) in [4.78, 5) is 38.5. The molecule has 8 nitrogen and oxygen atoms in total. The molecule has 2 aromatic rings. The second kappa shape index (κ2) is 13.6. The van der Waals surface area contributed by atoms with E-state index in [1.54, 1.807) is 6.07 Å². The normalized spacial score (nSPS) is 20.2. The molecule has 1 atom stereocenters. The molecule has 2 aliphatic rings. The van der Waals surface area contributed by atoms with Gasteiger partial charge in [-0.1, -0.05) is 18.2 Å². The number of imide groups is 1. The van der Waals surface area contributed by atoms with Crippen molar-refractivity contribution in [3.63, 3.8) is 0 Å². The number of likely N-dealkylation sites (tertiary alicyclic amines) is 1. The molecule has 2 amide bonds. The zero-order valence-corrected chi connectivity index (χ0v) is 23.9. The number of ether oxygens (including phenoxy) is 2. The van der Waals surface area contributed by atoms with Crippen molar-refractivity contribution in [3.05, 3.63) is 59.2 Å². The highest BCUT2D eigenvalue weighted by Crippen LogP contribution is 2.35. The van der Waals surface area contributed by atoms with Gasteiger partial charge in [-0.05, 0) is 73.9 Å². The van der Waals surface area contributed by atoms with Crippen LogP contribution >= 0.6 is 0 Å².